The molecular weight excluding hydrogens is 290 g/mol. The van der Waals surface area contributed by atoms with Crippen LogP contribution in [0, 0.1) is 6.92 Å². The second kappa shape index (κ2) is 4.84. The number of hydrogen-bond donors (Lipinski definition) is 1. The fraction of sp³-hybridized carbons (Fsp3) is 0.188. The largest absolute Gasteiger partial charge is 0.361 e. The maximum Gasteiger partial charge on any atom is 0.281 e. The summed E-state index contributed by atoms with van der Waals surface area (Å²) < 4.78 is 0. The van der Waals surface area contributed by atoms with Crippen LogP contribution >= 0.6 is 11.6 Å². The Morgan fingerprint density at radius 2 is 1.86 bits per heavy atom. The number of carbonyl (C=O) groups is 1. The van der Waals surface area contributed by atoms with Gasteiger partial charge in [-0.05, 0) is 24.6 Å². The maximum absolute atomic E-state index is 12.5. The van der Waals surface area contributed by atoms with Gasteiger partial charge >= 0.3 is 0 Å². The number of hydroxylamine groups is 2. The molecule has 2 aromatic carbocycles. The molecule has 0 aliphatic carbocycles. The van der Waals surface area contributed by atoms with E-state index in [0.29, 0.717) is 21.7 Å². The minimum atomic E-state index is -1.65. The SMILES string of the molecule is CON1C(=O)c2c(C)cccc2C1(O)c1ccc(Cl)cc1. The average molecular weight is 304 g/mol. The van der Waals surface area contributed by atoms with E-state index in [1.165, 1.54) is 7.11 Å². The number of hydrogen-bond acceptors (Lipinski definition) is 3. The van der Waals surface area contributed by atoms with Gasteiger partial charge < -0.3 is 5.11 Å². The average Bonchev–Trinajstić information content (AvgIpc) is 2.70. The van der Waals surface area contributed by atoms with E-state index in [1.54, 1.807) is 30.3 Å². The van der Waals surface area contributed by atoms with Crippen LogP contribution in [-0.4, -0.2) is 23.2 Å². The molecule has 4 nitrogen and oxygen atoms in total. The van der Waals surface area contributed by atoms with Crippen LogP contribution in [0.2, 0.25) is 5.02 Å². The molecule has 21 heavy (non-hydrogen) atoms. The second-order valence-electron chi connectivity index (χ2n) is 4.96. The minimum absolute atomic E-state index is 0.358. The quantitative estimate of drug-likeness (QED) is 0.928. The second-order valence-corrected chi connectivity index (χ2v) is 5.40. The zero-order chi connectivity index (χ0) is 15.2. The highest BCUT2D eigenvalue weighted by atomic mass is 35.5. The molecule has 2 aromatic rings. The smallest absolute Gasteiger partial charge is 0.281 e. The van der Waals surface area contributed by atoms with Crippen LogP contribution in [0.25, 0.3) is 0 Å². The van der Waals surface area contributed by atoms with Crippen LogP contribution in [0.4, 0.5) is 0 Å². The van der Waals surface area contributed by atoms with Crippen LogP contribution in [0.3, 0.4) is 0 Å². The molecule has 0 radical (unpaired) electrons. The molecule has 0 saturated carbocycles. The Labute approximate surface area is 127 Å². The van der Waals surface area contributed by atoms with Gasteiger partial charge in [0.2, 0.25) is 5.72 Å². The number of rotatable bonds is 2. The molecular formula is C16H14ClNO3. The predicted octanol–water partition coefficient (Wildman–Crippen LogP) is 2.86. The first kappa shape index (κ1) is 14.1. The van der Waals surface area contributed by atoms with Gasteiger partial charge in [-0.1, -0.05) is 41.9 Å². The standard InChI is InChI=1S/C16H14ClNO3/c1-10-4-3-5-13-14(10)15(19)18(21-2)16(13,20)11-6-8-12(17)9-7-11/h3-9,20H,1-2H3. The summed E-state index contributed by atoms with van der Waals surface area (Å²) >= 11 is 5.89. The fourth-order valence-corrected chi connectivity index (χ4v) is 2.90. The lowest BCUT2D eigenvalue weighted by molar-refractivity contribution is -0.223. The molecule has 108 valence electrons. The highest BCUT2D eigenvalue weighted by Crippen LogP contribution is 2.43. The van der Waals surface area contributed by atoms with Gasteiger partial charge in [-0.3, -0.25) is 9.63 Å². The zero-order valence-electron chi connectivity index (χ0n) is 11.6. The number of nitrogens with zero attached hydrogens (tertiary/aromatic N) is 1. The first-order chi connectivity index (χ1) is 10.00. The Balaban J connectivity index is 2.28. The fourth-order valence-electron chi connectivity index (χ4n) is 2.77. The summed E-state index contributed by atoms with van der Waals surface area (Å²) in [5, 5.41) is 12.7. The summed E-state index contributed by atoms with van der Waals surface area (Å²) in [6, 6.07) is 12.1. The van der Waals surface area contributed by atoms with Gasteiger partial charge in [-0.25, -0.2) is 0 Å². The van der Waals surface area contributed by atoms with E-state index in [9.17, 15) is 9.90 Å². The monoisotopic (exact) mass is 303 g/mol. The number of fused-ring (bicyclic) bond motifs is 1. The summed E-state index contributed by atoms with van der Waals surface area (Å²) in [7, 11) is 1.36. The first-order valence-electron chi connectivity index (χ1n) is 6.47. The molecule has 0 fully saturated rings. The molecule has 1 N–H and O–H groups in total. The van der Waals surface area contributed by atoms with Crippen molar-refractivity contribution in [2.45, 2.75) is 12.6 Å². The molecule has 0 spiro atoms. The molecule has 1 unspecified atom stereocenters. The molecule has 1 atom stereocenters. The molecule has 1 amide bonds. The third kappa shape index (κ3) is 1.87. The van der Waals surface area contributed by atoms with E-state index in [4.69, 9.17) is 16.4 Å². The van der Waals surface area contributed by atoms with Crippen molar-refractivity contribution in [1.82, 2.24) is 5.06 Å². The molecule has 0 bridgehead atoms. The minimum Gasteiger partial charge on any atom is -0.361 e. The number of aryl methyl sites for hydroxylation is 1. The van der Waals surface area contributed by atoms with E-state index in [-0.39, 0.29) is 5.91 Å². The third-order valence-corrected chi connectivity index (χ3v) is 4.02. The Hall–Kier alpha value is -1.88. The normalized spacial score (nSPS) is 20.8. The molecule has 0 saturated heterocycles. The Morgan fingerprint density at radius 3 is 2.48 bits per heavy atom. The van der Waals surface area contributed by atoms with Crippen molar-refractivity contribution in [1.29, 1.82) is 0 Å². The first-order valence-corrected chi connectivity index (χ1v) is 6.85. The summed E-state index contributed by atoms with van der Waals surface area (Å²) in [5.41, 5.74) is 0.641. The van der Waals surface area contributed by atoms with Crippen molar-refractivity contribution < 1.29 is 14.7 Å². The Bertz CT molecular complexity index is 714. The molecule has 5 heteroatoms. The highest BCUT2D eigenvalue weighted by Gasteiger charge is 2.51. The van der Waals surface area contributed by atoms with E-state index in [1.807, 2.05) is 19.1 Å². The van der Waals surface area contributed by atoms with Gasteiger partial charge in [0.25, 0.3) is 5.91 Å². The predicted molar refractivity (Wildman–Crippen MR) is 78.8 cm³/mol. The van der Waals surface area contributed by atoms with Crippen molar-refractivity contribution in [3.8, 4) is 0 Å². The van der Waals surface area contributed by atoms with Crippen LogP contribution in [-0.2, 0) is 10.6 Å². The van der Waals surface area contributed by atoms with Crippen molar-refractivity contribution in [2.24, 2.45) is 0 Å². The summed E-state index contributed by atoms with van der Waals surface area (Å²) in [5.74, 6) is -0.358. The summed E-state index contributed by atoms with van der Waals surface area (Å²) in [6.07, 6.45) is 0. The topological polar surface area (TPSA) is 49.8 Å². The van der Waals surface area contributed by atoms with E-state index < -0.39 is 5.72 Å². The molecule has 1 aliphatic rings. The van der Waals surface area contributed by atoms with Crippen LogP contribution in [0.15, 0.2) is 42.5 Å². The maximum atomic E-state index is 12.5. The number of aliphatic hydroxyl groups is 1. The zero-order valence-corrected chi connectivity index (χ0v) is 12.4. The number of amides is 1. The molecule has 1 aliphatic heterocycles. The van der Waals surface area contributed by atoms with E-state index >= 15 is 0 Å². The third-order valence-electron chi connectivity index (χ3n) is 3.77. The number of benzene rings is 2. The lowest BCUT2D eigenvalue weighted by atomic mass is 9.92. The Kier molecular flexibility index (Phi) is 3.24. The lowest BCUT2D eigenvalue weighted by Gasteiger charge is -2.32. The van der Waals surface area contributed by atoms with Gasteiger partial charge in [0, 0.05) is 16.1 Å². The highest BCUT2D eigenvalue weighted by molar-refractivity contribution is 6.30. The summed E-state index contributed by atoms with van der Waals surface area (Å²) in [6.45, 7) is 1.83. The van der Waals surface area contributed by atoms with E-state index in [0.717, 1.165) is 10.6 Å². The number of halogens is 1. The molecule has 0 aromatic heterocycles. The number of carbonyl (C=O) groups excluding carboxylic acids is 1. The van der Waals surface area contributed by atoms with Gasteiger partial charge in [-0.15, -0.1) is 0 Å². The lowest BCUT2D eigenvalue weighted by Crippen LogP contribution is -2.43. The summed E-state index contributed by atoms with van der Waals surface area (Å²) in [4.78, 5) is 17.7. The van der Waals surface area contributed by atoms with Crippen molar-refractivity contribution in [3.63, 3.8) is 0 Å². The van der Waals surface area contributed by atoms with Crippen molar-refractivity contribution in [3.05, 3.63) is 69.7 Å². The van der Waals surface area contributed by atoms with E-state index in [2.05, 4.69) is 0 Å². The Morgan fingerprint density at radius 1 is 1.19 bits per heavy atom. The van der Waals surface area contributed by atoms with Gasteiger partial charge in [0.1, 0.15) is 0 Å². The molecule has 1 heterocycles. The van der Waals surface area contributed by atoms with Gasteiger partial charge in [0.15, 0.2) is 0 Å². The van der Waals surface area contributed by atoms with Crippen molar-refractivity contribution >= 4 is 17.5 Å². The van der Waals surface area contributed by atoms with Crippen LogP contribution in [0.5, 0.6) is 0 Å². The van der Waals surface area contributed by atoms with Crippen LogP contribution < -0.4 is 0 Å². The van der Waals surface area contributed by atoms with Crippen LogP contribution in [0.1, 0.15) is 27.0 Å². The molecule has 3 rings (SSSR count). The van der Waals surface area contributed by atoms with Gasteiger partial charge in [-0.2, -0.15) is 5.06 Å². The van der Waals surface area contributed by atoms with Gasteiger partial charge in [0.05, 0.1) is 12.7 Å². The van der Waals surface area contributed by atoms with Crippen molar-refractivity contribution in [2.75, 3.05) is 7.11 Å².